The average molecular weight is 374 g/mol. The van der Waals surface area contributed by atoms with Crippen LogP contribution in [0.15, 0.2) is 36.4 Å². The number of amides is 1. The van der Waals surface area contributed by atoms with Crippen molar-refractivity contribution in [3.05, 3.63) is 47.2 Å². The van der Waals surface area contributed by atoms with E-state index in [4.69, 9.17) is 25.8 Å². The lowest BCUT2D eigenvalue weighted by atomic mass is 10.2. The van der Waals surface area contributed by atoms with Crippen LogP contribution in [0.25, 0.3) is 11.0 Å². The molecule has 0 radical (unpaired) electrons. The Hall–Kier alpha value is -3.06. The number of carbonyl (C=O) groups is 1. The van der Waals surface area contributed by atoms with E-state index in [1.54, 1.807) is 24.3 Å². The number of halogens is 1. The highest BCUT2D eigenvalue weighted by atomic mass is 35.5. The molecule has 0 saturated heterocycles. The van der Waals surface area contributed by atoms with Crippen LogP contribution in [-0.4, -0.2) is 37.2 Å². The molecule has 1 heterocycles. The summed E-state index contributed by atoms with van der Waals surface area (Å²) >= 11 is 6.13. The third kappa shape index (κ3) is 3.34. The van der Waals surface area contributed by atoms with Gasteiger partial charge in [-0.05, 0) is 12.1 Å². The van der Waals surface area contributed by atoms with Crippen molar-refractivity contribution in [2.24, 2.45) is 0 Å². The van der Waals surface area contributed by atoms with E-state index in [9.17, 15) is 4.79 Å². The molecule has 7 nitrogen and oxygen atoms in total. The number of hydrogen-bond donors (Lipinski definition) is 1. The van der Waals surface area contributed by atoms with E-state index in [2.05, 4.69) is 15.3 Å². The Kier molecular flexibility index (Phi) is 5.09. The first-order chi connectivity index (χ1) is 12.6. The molecule has 0 aliphatic heterocycles. The maximum Gasteiger partial charge on any atom is 0.277 e. The van der Waals surface area contributed by atoms with Gasteiger partial charge in [-0.15, -0.1) is 0 Å². The highest BCUT2D eigenvalue weighted by molar-refractivity contribution is 6.33. The van der Waals surface area contributed by atoms with Crippen LogP contribution >= 0.6 is 11.6 Å². The number of methoxy groups -OCH3 is 3. The first-order valence-corrected chi connectivity index (χ1v) is 7.98. The van der Waals surface area contributed by atoms with Gasteiger partial charge in [-0.2, -0.15) is 0 Å². The van der Waals surface area contributed by atoms with Crippen molar-refractivity contribution in [3.63, 3.8) is 0 Å². The minimum Gasteiger partial charge on any atom is -0.493 e. The number of anilines is 1. The molecular formula is C18H16ClN3O4. The molecule has 0 unspecified atom stereocenters. The summed E-state index contributed by atoms with van der Waals surface area (Å²) in [6.45, 7) is 0. The molecular weight excluding hydrogens is 358 g/mol. The summed E-state index contributed by atoms with van der Waals surface area (Å²) in [5.74, 6) is 0.759. The van der Waals surface area contributed by atoms with Crippen LogP contribution in [0.3, 0.4) is 0 Å². The fourth-order valence-corrected chi connectivity index (χ4v) is 2.69. The van der Waals surface area contributed by atoms with Crippen molar-refractivity contribution < 1.29 is 19.0 Å². The SMILES string of the molecule is COc1cc(NC(=O)c2nc3ccccc3nc2Cl)cc(OC)c1OC. The molecule has 1 amide bonds. The number of para-hydroxylation sites is 2. The molecule has 0 fully saturated rings. The summed E-state index contributed by atoms with van der Waals surface area (Å²) in [6, 6.07) is 10.4. The molecule has 0 saturated carbocycles. The summed E-state index contributed by atoms with van der Waals surface area (Å²) in [5.41, 5.74) is 1.66. The van der Waals surface area contributed by atoms with E-state index in [0.717, 1.165) is 0 Å². The number of fused-ring (bicyclic) bond motifs is 1. The normalized spacial score (nSPS) is 10.5. The molecule has 3 rings (SSSR count). The smallest absolute Gasteiger partial charge is 0.277 e. The van der Waals surface area contributed by atoms with Gasteiger partial charge in [-0.1, -0.05) is 23.7 Å². The lowest BCUT2D eigenvalue weighted by Crippen LogP contribution is -2.15. The van der Waals surface area contributed by atoms with Gasteiger partial charge < -0.3 is 19.5 Å². The fourth-order valence-electron chi connectivity index (χ4n) is 2.47. The van der Waals surface area contributed by atoms with Crippen LogP contribution in [0, 0.1) is 0 Å². The molecule has 1 aromatic heterocycles. The largest absolute Gasteiger partial charge is 0.493 e. The number of aromatic nitrogens is 2. The average Bonchev–Trinajstić information content (AvgIpc) is 2.66. The van der Waals surface area contributed by atoms with E-state index in [0.29, 0.717) is 34.0 Å². The van der Waals surface area contributed by atoms with E-state index < -0.39 is 5.91 Å². The Labute approximate surface area is 154 Å². The summed E-state index contributed by atoms with van der Waals surface area (Å²) in [7, 11) is 4.49. The zero-order chi connectivity index (χ0) is 18.7. The molecule has 0 bridgehead atoms. The molecule has 0 aliphatic rings. The van der Waals surface area contributed by atoms with Crippen molar-refractivity contribution in [1.29, 1.82) is 0 Å². The van der Waals surface area contributed by atoms with Crippen LogP contribution in [0.1, 0.15) is 10.5 Å². The van der Waals surface area contributed by atoms with Gasteiger partial charge >= 0.3 is 0 Å². The Morgan fingerprint density at radius 2 is 1.54 bits per heavy atom. The van der Waals surface area contributed by atoms with Crippen LogP contribution in [-0.2, 0) is 0 Å². The Morgan fingerprint density at radius 1 is 0.962 bits per heavy atom. The lowest BCUT2D eigenvalue weighted by molar-refractivity contribution is 0.102. The lowest BCUT2D eigenvalue weighted by Gasteiger charge is -2.14. The minimum absolute atomic E-state index is 0.0219. The van der Waals surface area contributed by atoms with Gasteiger partial charge in [0.1, 0.15) is 0 Å². The molecule has 3 aromatic rings. The summed E-state index contributed by atoms with van der Waals surface area (Å²) in [6.07, 6.45) is 0. The number of benzene rings is 2. The Morgan fingerprint density at radius 3 is 2.08 bits per heavy atom. The standard InChI is InChI=1S/C18H16ClN3O4/c1-24-13-8-10(9-14(25-2)16(13)26-3)20-18(23)15-17(19)22-12-7-5-4-6-11(12)21-15/h4-9H,1-3H3,(H,20,23). The van der Waals surface area contributed by atoms with Crippen molar-refractivity contribution >= 4 is 34.2 Å². The molecule has 0 atom stereocenters. The molecule has 0 aliphatic carbocycles. The number of nitrogens with one attached hydrogen (secondary N) is 1. The zero-order valence-corrected chi connectivity index (χ0v) is 15.1. The fraction of sp³-hybridized carbons (Fsp3) is 0.167. The molecule has 134 valence electrons. The maximum atomic E-state index is 12.6. The van der Waals surface area contributed by atoms with Crippen LogP contribution in [0.5, 0.6) is 17.2 Å². The third-order valence-electron chi connectivity index (χ3n) is 3.67. The number of rotatable bonds is 5. The molecule has 0 spiro atoms. The Bertz CT molecular complexity index is 953. The van der Waals surface area contributed by atoms with E-state index in [1.807, 2.05) is 12.1 Å². The number of carbonyl (C=O) groups excluding carboxylic acids is 1. The van der Waals surface area contributed by atoms with E-state index >= 15 is 0 Å². The second-order valence-corrected chi connectivity index (χ2v) is 5.58. The van der Waals surface area contributed by atoms with Gasteiger partial charge in [0.05, 0.1) is 32.4 Å². The second kappa shape index (κ2) is 7.45. The van der Waals surface area contributed by atoms with Crippen molar-refractivity contribution in [2.75, 3.05) is 26.6 Å². The first-order valence-electron chi connectivity index (χ1n) is 7.61. The van der Waals surface area contributed by atoms with Crippen molar-refractivity contribution in [2.45, 2.75) is 0 Å². The summed E-state index contributed by atoms with van der Waals surface area (Å²) in [5, 5.41) is 2.74. The predicted octanol–water partition coefficient (Wildman–Crippen LogP) is 3.56. The number of nitrogens with zero attached hydrogens (tertiary/aromatic N) is 2. The maximum absolute atomic E-state index is 12.6. The van der Waals surface area contributed by atoms with Gasteiger partial charge in [0.25, 0.3) is 5.91 Å². The zero-order valence-electron chi connectivity index (χ0n) is 14.4. The summed E-state index contributed by atoms with van der Waals surface area (Å²) < 4.78 is 15.8. The van der Waals surface area contributed by atoms with Gasteiger partial charge in [0.2, 0.25) is 5.75 Å². The van der Waals surface area contributed by atoms with Gasteiger partial charge in [-0.25, -0.2) is 9.97 Å². The van der Waals surface area contributed by atoms with Crippen LogP contribution in [0.4, 0.5) is 5.69 Å². The first kappa shape index (κ1) is 17.8. The third-order valence-corrected chi connectivity index (χ3v) is 3.93. The van der Waals surface area contributed by atoms with Crippen molar-refractivity contribution in [3.8, 4) is 17.2 Å². The van der Waals surface area contributed by atoms with E-state index in [-0.39, 0.29) is 10.8 Å². The molecule has 26 heavy (non-hydrogen) atoms. The second-order valence-electron chi connectivity index (χ2n) is 5.22. The van der Waals surface area contributed by atoms with Crippen molar-refractivity contribution in [1.82, 2.24) is 9.97 Å². The van der Waals surface area contributed by atoms with Gasteiger partial charge in [-0.3, -0.25) is 4.79 Å². The molecule has 1 N–H and O–H groups in total. The minimum atomic E-state index is -0.498. The Balaban J connectivity index is 1.96. The van der Waals surface area contributed by atoms with E-state index in [1.165, 1.54) is 21.3 Å². The summed E-state index contributed by atoms with van der Waals surface area (Å²) in [4.78, 5) is 21.1. The number of ether oxygens (including phenoxy) is 3. The highest BCUT2D eigenvalue weighted by Crippen LogP contribution is 2.40. The number of hydrogen-bond acceptors (Lipinski definition) is 6. The van der Waals surface area contributed by atoms with Crippen LogP contribution in [0.2, 0.25) is 5.15 Å². The molecule has 2 aromatic carbocycles. The van der Waals surface area contributed by atoms with Crippen LogP contribution < -0.4 is 19.5 Å². The van der Waals surface area contributed by atoms with Gasteiger partial charge in [0, 0.05) is 17.8 Å². The van der Waals surface area contributed by atoms with Gasteiger partial charge in [0.15, 0.2) is 22.3 Å². The quantitative estimate of drug-likeness (QED) is 0.736. The molecule has 8 heteroatoms. The predicted molar refractivity (Wildman–Crippen MR) is 98.6 cm³/mol. The monoisotopic (exact) mass is 373 g/mol. The highest BCUT2D eigenvalue weighted by Gasteiger charge is 2.18. The topological polar surface area (TPSA) is 82.6 Å².